The van der Waals surface area contributed by atoms with Gasteiger partial charge in [-0.3, -0.25) is 9.59 Å². The summed E-state index contributed by atoms with van der Waals surface area (Å²) in [6, 6.07) is 38.9. The Kier molecular flexibility index (Phi) is 11.5. The molecule has 0 spiro atoms. The van der Waals surface area contributed by atoms with Crippen molar-refractivity contribution in [2.24, 2.45) is 0 Å². The van der Waals surface area contributed by atoms with Crippen LogP contribution in [-0.4, -0.2) is 23.9 Å². The number of carbonyl (C=O) groups excluding carboxylic acids is 4. The number of amides is 6. The van der Waals surface area contributed by atoms with E-state index in [1.54, 1.807) is 72.8 Å². The fourth-order valence-corrected chi connectivity index (χ4v) is 4.89. The Morgan fingerprint density at radius 2 is 0.583 bits per heavy atom. The monoisotopic (exact) mass is 640 g/mol. The van der Waals surface area contributed by atoms with Crippen LogP contribution in [0.15, 0.2) is 133 Å². The Bertz CT molecular complexity index is 1730. The molecule has 6 amide bonds. The highest BCUT2D eigenvalue weighted by atomic mass is 16.2. The molecule has 0 unspecified atom stereocenters. The standard InChI is InChI=1S/C38H36N6O4/c45-35(25-23-27-13-3-1-4-14-27)39-29-17-7-9-19-31(29)41-37(47)43-33-21-11-12-22-34(33)44-38(48)42-32-20-10-8-18-30(32)40-36(46)26-24-28-15-5-2-6-16-28/h1-22H,23-26H2,(H,39,45)(H,40,46)(H2,41,43,47)(H2,42,44,48). The summed E-state index contributed by atoms with van der Waals surface area (Å²) in [5, 5.41) is 16.8. The summed E-state index contributed by atoms with van der Waals surface area (Å²) < 4.78 is 0. The summed E-state index contributed by atoms with van der Waals surface area (Å²) in [4.78, 5) is 51.4. The van der Waals surface area contributed by atoms with Gasteiger partial charge in [0.1, 0.15) is 0 Å². The van der Waals surface area contributed by atoms with Gasteiger partial charge in [-0.25, -0.2) is 9.59 Å². The topological polar surface area (TPSA) is 140 Å². The van der Waals surface area contributed by atoms with Crippen molar-refractivity contribution in [1.29, 1.82) is 0 Å². The van der Waals surface area contributed by atoms with Gasteiger partial charge in [0.15, 0.2) is 0 Å². The third-order valence-corrected chi connectivity index (χ3v) is 7.29. The second-order valence-corrected chi connectivity index (χ2v) is 10.9. The zero-order valence-electron chi connectivity index (χ0n) is 26.2. The number of nitrogens with one attached hydrogen (secondary N) is 6. The molecule has 0 saturated carbocycles. The molecule has 6 N–H and O–H groups in total. The average Bonchev–Trinajstić information content (AvgIpc) is 3.10. The smallest absolute Gasteiger partial charge is 0.323 e. The normalized spacial score (nSPS) is 10.3. The zero-order valence-corrected chi connectivity index (χ0v) is 26.2. The van der Waals surface area contributed by atoms with Crippen LogP contribution in [0.5, 0.6) is 0 Å². The molecule has 0 heterocycles. The molecule has 0 radical (unpaired) electrons. The minimum Gasteiger partial charge on any atom is -0.324 e. The zero-order chi connectivity index (χ0) is 33.6. The maximum absolute atomic E-state index is 13.0. The second kappa shape index (κ2) is 16.8. The summed E-state index contributed by atoms with van der Waals surface area (Å²) in [6.07, 6.45) is 1.76. The van der Waals surface area contributed by atoms with E-state index in [9.17, 15) is 19.2 Å². The molecule has 0 aromatic heterocycles. The highest BCUT2D eigenvalue weighted by molar-refractivity contribution is 6.08. The van der Waals surface area contributed by atoms with Crippen molar-refractivity contribution in [2.75, 3.05) is 31.9 Å². The lowest BCUT2D eigenvalue weighted by molar-refractivity contribution is -0.117. The van der Waals surface area contributed by atoms with Crippen LogP contribution in [0.3, 0.4) is 0 Å². The molecule has 10 heteroatoms. The van der Waals surface area contributed by atoms with Crippen LogP contribution in [0.1, 0.15) is 24.0 Å². The third-order valence-electron chi connectivity index (χ3n) is 7.29. The number of hydrogen-bond acceptors (Lipinski definition) is 4. The number of anilines is 6. The predicted molar refractivity (Wildman–Crippen MR) is 191 cm³/mol. The molecule has 0 atom stereocenters. The Balaban J connectivity index is 1.16. The van der Waals surface area contributed by atoms with Crippen LogP contribution in [0.2, 0.25) is 0 Å². The number of urea groups is 2. The maximum Gasteiger partial charge on any atom is 0.323 e. The van der Waals surface area contributed by atoms with Crippen LogP contribution >= 0.6 is 0 Å². The van der Waals surface area contributed by atoms with E-state index in [2.05, 4.69) is 31.9 Å². The quantitative estimate of drug-likeness (QED) is 0.0819. The number of benzene rings is 5. The van der Waals surface area contributed by atoms with E-state index in [0.717, 1.165) is 11.1 Å². The number of aryl methyl sites for hydroxylation is 2. The molecule has 5 aromatic carbocycles. The Labute approximate surface area is 279 Å². The van der Waals surface area contributed by atoms with E-state index in [-0.39, 0.29) is 24.7 Å². The Morgan fingerprint density at radius 1 is 0.333 bits per heavy atom. The molecule has 0 aliphatic carbocycles. The second-order valence-electron chi connectivity index (χ2n) is 10.9. The van der Waals surface area contributed by atoms with Crippen LogP contribution < -0.4 is 31.9 Å². The van der Waals surface area contributed by atoms with Crippen molar-refractivity contribution in [3.8, 4) is 0 Å². The fraction of sp³-hybridized carbons (Fsp3) is 0.105. The lowest BCUT2D eigenvalue weighted by atomic mass is 10.1. The lowest BCUT2D eigenvalue weighted by Crippen LogP contribution is -2.24. The van der Waals surface area contributed by atoms with Crippen molar-refractivity contribution in [1.82, 2.24) is 0 Å². The highest BCUT2D eigenvalue weighted by Gasteiger charge is 2.14. The SMILES string of the molecule is O=C(CCc1ccccc1)Nc1ccccc1NC(=O)Nc1ccccc1NC(=O)Nc1ccccc1NC(=O)CCc1ccccc1. The minimum absolute atomic E-state index is 0.178. The largest absolute Gasteiger partial charge is 0.324 e. The molecule has 10 nitrogen and oxygen atoms in total. The number of para-hydroxylation sites is 6. The third kappa shape index (κ3) is 10.0. The van der Waals surface area contributed by atoms with Crippen LogP contribution in [0.4, 0.5) is 43.7 Å². The van der Waals surface area contributed by atoms with Gasteiger partial charge in [-0.05, 0) is 60.4 Å². The van der Waals surface area contributed by atoms with Crippen molar-refractivity contribution in [3.05, 3.63) is 145 Å². The maximum atomic E-state index is 13.0. The molecular weight excluding hydrogens is 604 g/mol. The van der Waals surface area contributed by atoms with Gasteiger partial charge in [0, 0.05) is 12.8 Å². The fourth-order valence-electron chi connectivity index (χ4n) is 4.89. The van der Waals surface area contributed by atoms with Gasteiger partial charge in [-0.1, -0.05) is 97.1 Å². The van der Waals surface area contributed by atoms with Crippen molar-refractivity contribution >= 4 is 58.0 Å². The van der Waals surface area contributed by atoms with Crippen LogP contribution in [-0.2, 0) is 22.4 Å². The molecule has 0 bridgehead atoms. The van der Waals surface area contributed by atoms with Gasteiger partial charge < -0.3 is 31.9 Å². The minimum atomic E-state index is -0.570. The Morgan fingerprint density at radius 3 is 0.875 bits per heavy atom. The van der Waals surface area contributed by atoms with Gasteiger partial charge in [-0.15, -0.1) is 0 Å². The van der Waals surface area contributed by atoms with Gasteiger partial charge in [-0.2, -0.15) is 0 Å². The first-order chi connectivity index (χ1) is 23.4. The summed E-state index contributed by atoms with van der Waals surface area (Å²) in [5.41, 5.74) is 4.55. The first-order valence-electron chi connectivity index (χ1n) is 15.5. The van der Waals surface area contributed by atoms with Crippen molar-refractivity contribution < 1.29 is 19.2 Å². The summed E-state index contributed by atoms with van der Waals surface area (Å²) in [7, 11) is 0. The summed E-state index contributed by atoms with van der Waals surface area (Å²) >= 11 is 0. The number of carbonyl (C=O) groups is 4. The number of rotatable bonds is 12. The summed E-state index contributed by atoms with van der Waals surface area (Å²) in [5.74, 6) is -0.357. The van der Waals surface area contributed by atoms with Crippen molar-refractivity contribution in [2.45, 2.75) is 25.7 Å². The molecule has 0 fully saturated rings. The van der Waals surface area contributed by atoms with Gasteiger partial charge in [0.2, 0.25) is 11.8 Å². The van der Waals surface area contributed by atoms with E-state index in [1.807, 2.05) is 60.7 Å². The van der Waals surface area contributed by atoms with E-state index in [4.69, 9.17) is 0 Å². The van der Waals surface area contributed by atoms with E-state index in [1.165, 1.54) is 0 Å². The van der Waals surface area contributed by atoms with Gasteiger partial charge in [0.05, 0.1) is 34.1 Å². The molecule has 5 aromatic rings. The van der Waals surface area contributed by atoms with Crippen molar-refractivity contribution in [3.63, 3.8) is 0 Å². The molecule has 0 aliphatic heterocycles. The first-order valence-corrected chi connectivity index (χ1v) is 15.5. The highest BCUT2D eigenvalue weighted by Crippen LogP contribution is 2.26. The summed E-state index contributed by atoms with van der Waals surface area (Å²) in [6.45, 7) is 0. The van der Waals surface area contributed by atoms with Crippen LogP contribution in [0.25, 0.3) is 0 Å². The van der Waals surface area contributed by atoms with E-state index >= 15 is 0 Å². The van der Waals surface area contributed by atoms with Gasteiger partial charge in [0.25, 0.3) is 0 Å². The molecule has 5 rings (SSSR count). The lowest BCUT2D eigenvalue weighted by Gasteiger charge is -2.16. The van der Waals surface area contributed by atoms with E-state index < -0.39 is 12.1 Å². The predicted octanol–water partition coefficient (Wildman–Crippen LogP) is 8.12. The molecule has 242 valence electrons. The Hall–Kier alpha value is -6.42. The van der Waals surface area contributed by atoms with E-state index in [0.29, 0.717) is 47.0 Å². The molecule has 0 aliphatic rings. The number of hydrogen-bond donors (Lipinski definition) is 6. The first kappa shape index (κ1) is 33.0. The van der Waals surface area contributed by atoms with Crippen LogP contribution in [0, 0.1) is 0 Å². The average molecular weight is 641 g/mol. The molecule has 0 saturated heterocycles. The molecule has 48 heavy (non-hydrogen) atoms. The van der Waals surface area contributed by atoms with Gasteiger partial charge >= 0.3 is 12.1 Å². The molecular formula is C38H36N6O4.